The van der Waals surface area contributed by atoms with Gasteiger partial charge in [0.1, 0.15) is 0 Å². The average Bonchev–Trinajstić information content (AvgIpc) is 2.84. The van der Waals surface area contributed by atoms with Gasteiger partial charge in [-0.05, 0) is 89.4 Å². The van der Waals surface area contributed by atoms with E-state index in [0.29, 0.717) is 42.3 Å². The Bertz CT molecular complexity index is 1210. The number of thiocarbonyl (C=S) groups is 1. The molecule has 0 unspecified atom stereocenters. The van der Waals surface area contributed by atoms with E-state index in [1.807, 2.05) is 41.3 Å². The van der Waals surface area contributed by atoms with Crippen LogP contribution in [0.3, 0.4) is 0 Å². The summed E-state index contributed by atoms with van der Waals surface area (Å²) in [5, 5.41) is 6.73. The van der Waals surface area contributed by atoms with Gasteiger partial charge in [0.25, 0.3) is 11.8 Å². The summed E-state index contributed by atoms with van der Waals surface area (Å²) < 4.78 is 0.975. The minimum absolute atomic E-state index is 0.00203. The van der Waals surface area contributed by atoms with Crippen molar-refractivity contribution in [2.45, 2.75) is 0 Å². The number of nitrogens with zero attached hydrogens (tertiary/aromatic N) is 2. The summed E-state index contributed by atoms with van der Waals surface area (Å²) in [4.78, 5) is 29.4. The maximum absolute atomic E-state index is 12.8. The van der Waals surface area contributed by atoms with Crippen LogP contribution in [0.1, 0.15) is 20.7 Å². The molecule has 0 bridgehead atoms. The highest BCUT2D eigenvalue weighted by Crippen LogP contribution is 2.27. The number of para-hydroxylation sites is 2. The smallest absolute Gasteiger partial charge is 0.257 e. The zero-order valence-electron chi connectivity index (χ0n) is 18.1. The van der Waals surface area contributed by atoms with Gasteiger partial charge < -0.3 is 15.1 Å². The molecule has 0 saturated carbocycles. The number of carbonyl (C=O) groups excluding carboxylic acids is 2. The summed E-state index contributed by atoms with van der Waals surface area (Å²) in [6, 6.07) is 22.1. The Balaban J connectivity index is 1.38. The van der Waals surface area contributed by atoms with Crippen molar-refractivity contribution in [1.82, 2.24) is 10.2 Å². The van der Waals surface area contributed by atoms with Crippen molar-refractivity contribution in [3.05, 3.63) is 92.5 Å². The molecule has 0 aliphatic carbocycles. The number of carbonyl (C=O) groups is 2. The molecule has 1 saturated heterocycles. The number of benzene rings is 3. The number of piperazine rings is 1. The van der Waals surface area contributed by atoms with Crippen LogP contribution in [0.4, 0.5) is 11.4 Å². The molecule has 3 aromatic carbocycles. The van der Waals surface area contributed by atoms with Gasteiger partial charge in [-0.25, -0.2) is 0 Å². The van der Waals surface area contributed by atoms with Crippen LogP contribution in [0.25, 0.3) is 0 Å². The van der Waals surface area contributed by atoms with E-state index < -0.39 is 0 Å². The van der Waals surface area contributed by atoms with Crippen molar-refractivity contribution in [2.75, 3.05) is 36.4 Å². The van der Waals surface area contributed by atoms with Gasteiger partial charge in [0.2, 0.25) is 0 Å². The van der Waals surface area contributed by atoms with Gasteiger partial charge in [0.15, 0.2) is 5.11 Å². The van der Waals surface area contributed by atoms with Crippen molar-refractivity contribution >= 4 is 74.7 Å². The monoisotopic (exact) mass is 604 g/mol. The first kappa shape index (κ1) is 24.4. The van der Waals surface area contributed by atoms with Crippen LogP contribution in [-0.2, 0) is 0 Å². The van der Waals surface area contributed by atoms with Gasteiger partial charge in [-0.2, -0.15) is 0 Å². The zero-order valence-corrected chi connectivity index (χ0v) is 21.9. The molecule has 1 aliphatic heterocycles. The molecule has 1 fully saturated rings. The van der Waals surface area contributed by atoms with Gasteiger partial charge in [-0.15, -0.1) is 0 Å². The third-order valence-electron chi connectivity index (χ3n) is 5.46. The number of rotatable bonds is 4. The fourth-order valence-corrected chi connectivity index (χ4v) is 4.61. The Kier molecular flexibility index (Phi) is 8.02. The Hall–Kier alpha value is -2.69. The van der Waals surface area contributed by atoms with Crippen LogP contribution in [0, 0.1) is 3.57 Å². The van der Waals surface area contributed by atoms with Crippen molar-refractivity contribution in [3.63, 3.8) is 0 Å². The van der Waals surface area contributed by atoms with Crippen molar-refractivity contribution in [3.8, 4) is 0 Å². The number of halogens is 2. The molecule has 0 atom stereocenters. The Morgan fingerprint density at radius 3 is 2.29 bits per heavy atom. The third kappa shape index (κ3) is 6.05. The molecule has 2 amide bonds. The minimum Gasteiger partial charge on any atom is -0.366 e. The molecule has 34 heavy (non-hydrogen) atoms. The number of amides is 2. The molecule has 9 heteroatoms. The minimum atomic E-state index is -0.261. The Morgan fingerprint density at radius 1 is 0.882 bits per heavy atom. The van der Waals surface area contributed by atoms with Crippen LogP contribution < -0.4 is 15.5 Å². The predicted octanol–water partition coefficient (Wildman–Crippen LogP) is 5.03. The van der Waals surface area contributed by atoms with Gasteiger partial charge in [0, 0.05) is 45.9 Å². The summed E-state index contributed by atoms with van der Waals surface area (Å²) in [7, 11) is 0. The molecule has 3 aromatic rings. The van der Waals surface area contributed by atoms with Gasteiger partial charge in [-0.3, -0.25) is 14.9 Å². The van der Waals surface area contributed by atoms with Crippen LogP contribution in [-0.4, -0.2) is 48.0 Å². The maximum atomic E-state index is 12.8. The molecule has 4 rings (SSSR count). The highest BCUT2D eigenvalue weighted by molar-refractivity contribution is 14.1. The van der Waals surface area contributed by atoms with Gasteiger partial charge in [-0.1, -0.05) is 29.8 Å². The second-order valence-electron chi connectivity index (χ2n) is 7.72. The molecule has 1 heterocycles. The van der Waals surface area contributed by atoms with Gasteiger partial charge >= 0.3 is 0 Å². The van der Waals surface area contributed by atoms with Crippen molar-refractivity contribution in [1.29, 1.82) is 0 Å². The van der Waals surface area contributed by atoms with Crippen molar-refractivity contribution in [2.24, 2.45) is 0 Å². The first-order valence-corrected chi connectivity index (χ1v) is 12.5. The highest BCUT2D eigenvalue weighted by Gasteiger charge is 2.23. The zero-order chi connectivity index (χ0) is 24.1. The van der Waals surface area contributed by atoms with Crippen LogP contribution in [0.15, 0.2) is 72.8 Å². The molecule has 174 valence electrons. The van der Waals surface area contributed by atoms with Crippen LogP contribution in [0.2, 0.25) is 5.02 Å². The topological polar surface area (TPSA) is 64.7 Å². The first-order valence-electron chi connectivity index (χ1n) is 10.7. The van der Waals surface area contributed by atoms with Crippen LogP contribution >= 0.6 is 46.4 Å². The van der Waals surface area contributed by atoms with Crippen molar-refractivity contribution < 1.29 is 9.59 Å². The fraction of sp³-hybridized carbons (Fsp3) is 0.160. The summed E-state index contributed by atoms with van der Waals surface area (Å²) in [5.74, 6) is -0.259. The van der Waals surface area contributed by atoms with E-state index in [1.54, 1.807) is 36.4 Å². The molecule has 6 nitrogen and oxygen atoms in total. The normalized spacial score (nSPS) is 13.4. The molecule has 0 radical (unpaired) electrons. The second kappa shape index (κ2) is 11.2. The van der Waals surface area contributed by atoms with E-state index in [0.717, 1.165) is 14.9 Å². The van der Waals surface area contributed by atoms with Gasteiger partial charge in [0.05, 0.1) is 11.4 Å². The molecule has 0 aromatic heterocycles. The second-order valence-corrected chi connectivity index (χ2v) is 9.81. The number of anilines is 2. The lowest BCUT2D eigenvalue weighted by atomic mass is 10.1. The number of nitrogens with one attached hydrogen (secondary N) is 2. The summed E-state index contributed by atoms with van der Waals surface area (Å²) in [6.07, 6.45) is 0. The Labute approximate surface area is 222 Å². The SMILES string of the molecule is O=C(NC(=S)Nc1ccccc1N1CCN(C(=O)c2ccc(Cl)cc2)CC1)c1cccc(I)c1. The summed E-state index contributed by atoms with van der Waals surface area (Å²) in [6.45, 7) is 2.56. The largest absolute Gasteiger partial charge is 0.366 e. The number of hydrogen-bond donors (Lipinski definition) is 2. The standard InChI is InChI=1S/C25H22ClIN4O2S/c26-19-10-8-17(9-11-19)24(33)31-14-12-30(13-15-31)22-7-2-1-6-21(22)28-25(34)29-23(32)18-4-3-5-20(27)16-18/h1-11,16H,12-15H2,(H2,28,29,32,34). The van der Waals surface area contributed by atoms with E-state index in [1.165, 1.54) is 0 Å². The highest BCUT2D eigenvalue weighted by atomic mass is 127. The molecular weight excluding hydrogens is 583 g/mol. The molecule has 1 aliphatic rings. The molecule has 0 spiro atoms. The third-order valence-corrected chi connectivity index (χ3v) is 6.59. The predicted molar refractivity (Wildman–Crippen MR) is 149 cm³/mol. The molecule has 2 N–H and O–H groups in total. The average molecular weight is 605 g/mol. The first-order chi connectivity index (χ1) is 16.4. The summed E-state index contributed by atoms with van der Waals surface area (Å²) >= 11 is 13.5. The fourth-order valence-electron chi connectivity index (χ4n) is 3.74. The van der Waals surface area contributed by atoms with E-state index in [-0.39, 0.29) is 16.9 Å². The lowest BCUT2D eigenvalue weighted by Gasteiger charge is -2.37. The quantitative estimate of drug-likeness (QED) is 0.323. The maximum Gasteiger partial charge on any atom is 0.257 e. The van der Waals surface area contributed by atoms with Crippen LogP contribution in [0.5, 0.6) is 0 Å². The van der Waals surface area contributed by atoms with E-state index in [4.69, 9.17) is 23.8 Å². The van der Waals surface area contributed by atoms with E-state index >= 15 is 0 Å². The van der Waals surface area contributed by atoms with E-state index in [2.05, 4.69) is 38.1 Å². The summed E-state index contributed by atoms with van der Waals surface area (Å²) in [5.41, 5.74) is 2.94. The lowest BCUT2D eigenvalue weighted by Crippen LogP contribution is -2.49. The molecular formula is C25H22ClIN4O2S. The Morgan fingerprint density at radius 2 is 1.59 bits per heavy atom. The number of hydrogen-bond acceptors (Lipinski definition) is 4. The lowest BCUT2D eigenvalue weighted by molar-refractivity contribution is 0.0746. The van der Waals surface area contributed by atoms with E-state index in [9.17, 15) is 9.59 Å².